The Labute approximate surface area is 132 Å². The third-order valence-corrected chi connectivity index (χ3v) is 4.41. The molecule has 1 amide bonds. The standard InChI is InChI=1S/C14H18FNO.C4H9N/c1-10-12(8-5-9-13(10)15)14(17)16-11-6-3-2-4-7-11;1-2-4-5-3-1/h5,8-9,11H,2-4,6-7H2,1H3,(H,16,17);5H,1-4H2. The van der Waals surface area contributed by atoms with Gasteiger partial charge in [-0.3, -0.25) is 4.79 Å². The minimum atomic E-state index is -0.318. The summed E-state index contributed by atoms with van der Waals surface area (Å²) in [5, 5.41) is 6.22. The zero-order valence-electron chi connectivity index (χ0n) is 13.5. The number of rotatable bonds is 2. The van der Waals surface area contributed by atoms with Crippen LogP contribution >= 0.6 is 0 Å². The van der Waals surface area contributed by atoms with Gasteiger partial charge in [-0.05, 0) is 63.4 Å². The first-order valence-corrected chi connectivity index (χ1v) is 8.45. The maximum atomic E-state index is 13.3. The average molecular weight is 306 g/mol. The number of carbonyl (C=O) groups is 1. The number of amides is 1. The molecule has 3 rings (SSSR count). The van der Waals surface area contributed by atoms with Gasteiger partial charge in [0.05, 0.1) is 0 Å². The maximum absolute atomic E-state index is 13.3. The number of hydrogen-bond donors (Lipinski definition) is 2. The van der Waals surface area contributed by atoms with Gasteiger partial charge in [0.2, 0.25) is 0 Å². The van der Waals surface area contributed by atoms with Crippen LogP contribution in [0.1, 0.15) is 60.9 Å². The van der Waals surface area contributed by atoms with Crippen molar-refractivity contribution in [2.75, 3.05) is 13.1 Å². The lowest BCUT2D eigenvalue weighted by atomic mass is 9.95. The molecule has 1 saturated carbocycles. The highest BCUT2D eigenvalue weighted by Crippen LogP contribution is 2.19. The second-order valence-electron chi connectivity index (χ2n) is 6.18. The second-order valence-corrected chi connectivity index (χ2v) is 6.18. The predicted octanol–water partition coefficient (Wildman–Crippen LogP) is 3.57. The van der Waals surface area contributed by atoms with E-state index in [0.29, 0.717) is 11.1 Å². The van der Waals surface area contributed by atoms with Gasteiger partial charge < -0.3 is 10.6 Å². The fourth-order valence-electron chi connectivity index (χ4n) is 2.99. The Morgan fingerprint density at radius 3 is 2.41 bits per heavy atom. The largest absolute Gasteiger partial charge is 0.349 e. The molecular weight excluding hydrogens is 279 g/mol. The lowest BCUT2D eigenvalue weighted by Crippen LogP contribution is -2.36. The van der Waals surface area contributed by atoms with Crippen LogP contribution < -0.4 is 10.6 Å². The molecule has 2 N–H and O–H groups in total. The van der Waals surface area contributed by atoms with Crippen molar-refractivity contribution < 1.29 is 9.18 Å². The van der Waals surface area contributed by atoms with Crippen LogP contribution in [0.25, 0.3) is 0 Å². The second kappa shape index (κ2) is 8.89. The molecule has 1 heterocycles. The number of carbonyl (C=O) groups excluding carboxylic acids is 1. The van der Waals surface area contributed by atoms with Crippen LogP contribution in [0.5, 0.6) is 0 Å². The molecule has 2 aliphatic rings. The van der Waals surface area contributed by atoms with Crippen molar-refractivity contribution in [3.05, 3.63) is 35.1 Å². The molecule has 1 aromatic carbocycles. The molecule has 0 unspecified atom stereocenters. The van der Waals surface area contributed by atoms with E-state index in [9.17, 15) is 9.18 Å². The van der Waals surface area contributed by atoms with Crippen molar-refractivity contribution in [2.24, 2.45) is 0 Å². The molecule has 0 spiro atoms. The van der Waals surface area contributed by atoms with E-state index >= 15 is 0 Å². The van der Waals surface area contributed by atoms with Crippen molar-refractivity contribution in [1.82, 2.24) is 10.6 Å². The minimum absolute atomic E-state index is 0.145. The SMILES string of the molecule is C1CCNC1.Cc1c(F)cccc1C(=O)NC1CCCCC1. The van der Waals surface area contributed by atoms with Crippen molar-refractivity contribution in [3.63, 3.8) is 0 Å². The van der Waals surface area contributed by atoms with Crippen molar-refractivity contribution >= 4 is 5.91 Å². The van der Waals surface area contributed by atoms with E-state index in [4.69, 9.17) is 0 Å². The van der Waals surface area contributed by atoms with Crippen LogP contribution in [-0.4, -0.2) is 25.0 Å². The van der Waals surface area contributed by atoms with E-state index in [1.165, 1.54) is 51.3 Å². The summed E-state index contributed by atoms with van der Waals surface area (Å²) in [6.07, 6.45) is 8.46. The molecule has 1 saturated heterocycles. The molecule has 0 aromatic heterocycles. The van der Waals surface area contributed by atoms with Crippen molar-refractivity contribution in [3.8, 4) is 0 Å². The first kappa shape index (κ1) is 16.9. The molecule has 122 valence electrons. The van der Waals surface area contributed by atoms with Gasteiger partial charge >= 0.3 is 0 Å². The Hall–Kier alpha value is -1.42. The smallest absolute Gasteiger partial charge is 0.251 e. The van der Waals surface area contributed by atoms with Gasteiger partial charge in [-0.2, -0.15) is 0 Å². The summed E-state index contributed by atoms with van der Waals surface area (Å²) in [6, 6.07) is 4.90. The third kappa shape index (κ3) is 5.09. The van der Waals surface area contributed by atoms with Crippen LogP contribution in [0, 0.1) is 12.7 Å². The van der Waals surface area contributed by atoms with Crippen molar-refractivity contribution in [2.45, 2.75) is 57.9 Å². The van der Waals surface area contributed by atoms with Crippen LogP contribution in [0.3, 0.4) is 0 Å². The van der Waals surface area contributed by atoms with E-state index in [1.807, 2.05) is 0 Å². The van der Waals surface area contributed by atoms with Crippen LogP contribution in [-0.2, 0) is 0 Å². The molecule has 1 aliphatic carbocycles. The average Bonchev–Trinajstić information content (AvgIpc) is 3.10. The summed E-state index contributed by atoms with van der Waals surface area (Å²) < 4.78 is 13.3. The first-order chi connectivity index (χ1) is 10.7. The summed E-state index contributed by atoms with van der Waals surface area (Å²) in [6.45, 7) is 4.14. The summed E-state index contributed by atoms with van der Waals surface area (Å²) in [5.41, 5.74) is 0.886. The number of hydrogen-bond acceptors (Lipinski definition) is 2. The van der Waals surface area contributed by atoms with Crippen LogP contribution in [0.2, 0.25) is 0 Å². The van der Waals surface area contributed by atoms with Gasteiger partial charge in [0, 0.05) is 11.6 Å². The third-order valence-electron chi connectivity index (χ3n) is 4.41. The Balaban J connectivity index is 0.000000299. The van der Waals surface area contributed by atoms with Gasteiger partial charge in [0.25, 0.3) is 5.91 Å². The Bertz CT molecular complexity index is 472. The lowest BCUT2D eigenvalue weighted by molar-refractivity contribution is 0.0926. The Morgan fingerprint density at radius 1 is 1.14 bits per heavy atom. The van der Waals surface area contributed by atoms with E-state index in [0.717, 1.165) is 12.8 Å². The molecule has 3 nitrogen and oxygen atoms in total. The predicted molar refractivity (Wildman–Crippen MR) is 87.6 cm³/mol. The normalized spacial score (nSPS) is 18.5. The van der Waals surface area contributed by atoms with E-state index in [-0.39, 0.29) is 17.8 Å². The fourth-order valence-corrected chi connectivity index (χ4v) is 2.99. The molecule has 0 radical (unpaired) electrons. The van der Waals surface area contributed by atoms with E-state index in [2.05, 4.69) is 10.6 Å². The van der Waals surface area contributed by atoms with E-state index in [1.54, 1.807) is 19.1 Å². The van der Waals surface area contributed by atoms with E-state index < -0.39 is 0 Å². The number of benzene rings is 1. The highest BCUT2D eigenvalue weighted by Gasteiger charge is 2.18. The van der Waals surface area contributed by atoms with Gasteiger partial charge in [0.15, 0.2) is 0 Å². The van der Waals surface area contributed by atoms with Gasteiger partial charge in [-0.1, -0.05) is 25.3 Å². The van der Waals surface area contributed by atoms with Crippen molar-refractivity contribution in [1.29, 1.82) is 0 Å². The lowest BCUT2D eigenvalue weighted by Gasteiger charge is -2.23. The van der Waals surface area contributed by atoms with Gasteiger partial charge in [0.1, 0.15) is 5.82 Å². The molecule has 22 heavy (non-hydrogen) atoms. The Morgan fingerprint density at radius 2 is 1.82 bits per heavy atom. The highest BCUT2D eigenvalue weighted by molar-refractivity contribution is 5.95. The van der Waals surface area contributed by atoms with Gasteiger partial charge in [-0.15, -0.1) is 0 Å². The molecular formula is C18H27FN2O. The molecule has 0 bridgehead atoms. The summed E-state index contributed by atoms with van der Waals surface area (Å²) >= 11 is 0. The molecule has 4 heteroatoms. The molecule has 2 fully saturated rings. The van der Waals surface area contributed by atoms with Gasteiger partial charge in [-0.25, -0.2) is 4.39 Å². The quantitative estimate of drug-likeness (QED) is 0.877. The summed E-state index contributed by atoms with van der Waals surface area (Å²) in [4.78, 5) is 12.0. The molecule has 0 atom stereocenters. The number of nitrogens with one attached hydrogen (secondary N) is 2. The highest BCUT2D eigenvalue weighted by atomic mass is 19.1. The molecule has 1 aliphatic heterocycles. The Kier molecular flexibility index (Phi) is 6.84. The number of halogens is 1. The summed E-state index contributed by atoms with van der Waals surface area (Å²) in [7, 11) is 0. The molecule has 1 aromatic rings. The zero-order chi connectivity index (χ0) is 15.8. The van der Waals surface area contributed by atoms with Crippen LogP contribution in [0.15, 0.2) is 18.2 Å². The minimum Gasteiger partial charge on any atom is -0.349 e. The van der Waals surface area contributed by atoms with Crippen LogP contribution in [0.4, 0.5) is 4.39 Å². The maximum Gasteiger partial charge on any atom is 0.251 e. The first-order valence-electron chi connectivity index (χ1n) is 8.45. The monoisotopic (exact) mass is 306 g/mol. The summed E-state index contributed by atoms with van der Waals surface area (Å²) in [5.74, 6) is -0.463. The topological polar surface area (TPSA) is 41.1 Å². The fraction of sp³-hybridized carbons (Fsp3) is 0.611. The zero-order valence-corrected chi connectivity index (χ0v) is 13.5.